The lowest BCUT2D eigenvalue weighted by Gasteiger charge is -2.37. The monoisotopic (exact) mass is 268 g/mol. The van der Waals surface area contributed by atoms with Gasteiger partial charge in [-0.05, 0) is 43.0 Å². The summed E-state index contributed by atoms with van der Waals surface area (Å²) >= 11 is 6.37. The van der Waals surface area contributed by atoms with E-state index in [-0.39, 0.29) is 5.41 Å². The molecule has 0 aliphatic heterocycles. The third-order valence-corrected chi connectivity index (χ3v) is 3.96. The van der Waals surface area contributed by atoms with Crippen molar-refractivity contribution in [2.75, 3.05) is 18.5 Å². The summed E-state index contributed by atoms with van der Waals surface area (Å²) in [6.45, 7) is 9.61. The van der Waals surface area contributed by atoms with Crippen LogP contribution in [0, 0.1) is 5.41 Å². The molecule has 0 spiro atoms. The highest BCUT2D eigenvalue weighted by Crippen LogP contribution is 2.32. The lowest BCUT2D eigenvalue weighted by atomic mass is 9.87. The SMILES string of the molecule is CC(N(C)c1ccc(CCN)cc1Cl)C(C)(C)C. The van der Waals surface area contributed by atoms with E-state index < -0.39 is 0 Å². The molecule has 0 bridgehead atoms. The van der Waals surface area contributed by atoms with Crippen molar-refractivity contribution >= 4 is 17.3 Å². The predicted molar refractivity (Wildman–Crippen MR) is 81.5 cm³/mol. The average Bonchev–Trinajstić information content (AvgIpc) is 2.26. The Morgan fingerprint density at radius 1 is 1.33 bits per heavy atom. The van der Waals surface area contributed by atoms with Gasteiger partial charge < -0.3 is 10.6 Å². The van der Waals surface area contributed by atoms with E-state index in [1.54, 1.807) is 0 Å². The number of rotatable bonds is 4. The van der Waals surface area contributed by atoms with Gasteiger partial charge in [0.25, 0.3) is 0 Å². The van der Waals surface area contributed by atoms with Crippen LogP contribution in [0.1, 0.15) is 33.3 Å². The summed E-state index contributed by atoms with van der Waals surface area (Å²) in [5.74, 6) is 0. The minimum Gasteiger partial charge on any atom is -0.370 e. The molecule has 0 aliphatic carbocycles. The summed E-state index contributed by atoms with van der Waals surface area (Å²) in [6, 6.07) is 6.64. The zero-order valence-corrected chi connectivity index (χ0v) is 12.9. The van der Waals surface area contributed by atoms with Gasteiger partial charge in [-0.25, -0.2) is 0 Å². The van der Waals surface area contributed by atoms with Crippen molar-refractivity contribution in [1.29, 1.82) is 0 Å². The third kappa shape index (κ3) is 3.63. The van der Waals surface area contributed by atoms with Gasteiger partial charge in [0.15, 0.2) is 0 Å². The topological polar surface area (TPSA) is 29.3 Å². The fraction of sp³-hybridized carbons (Fsp3) is 0.600. The summed E-state index contributed by atoms with van der Waals surface area (Å²) in [4.78, 5) is 2.24. The maximum Gasteiger partial charge on any atom is 0.0642 e. The maximum atomic E-state index is 6.37. The predicted octanol–water partition coefficient (Wildman–Crippen LogP) is 3.71. The Labute approximate surface area is 116 Å². The van der Waals surface area contributed by atoms with E-state index in [0.29, 0.717) is 12.6 Å². The van der Waals surface area contributed by atoms with Crippen molar-refractivity contribution in [3.63, 3.8) is 0 Å². The van der Waals surface area contributed by atoms with Gasteiger partial charge in [-0.2, -0.15) is 0 Å². The van der Waals surface area contributed by atoms with E-state index in [4.69, 9.17) is 17.3 Å². The molecule has 2 N–H and O–H groups in total. The summed E-state index contributed by atoms with van der Waals surface area (Å²) in [5, 5.41) is 0.805. The van der Waals surface area contributed by atoms with Gasteiger partial charge in [0, 0.05) is 13.1 Å². The molecule has 1 atom stereocenters. The second-order valence-electron chi connectivity index (χ2n) is 5.98. The standard InChI is InChI=1S/C15H25ClN2/c1-11(15(2,3)4)18(5)14-7-6-12(8-9-17)10-13(14)16/h6-7,10-11H,8-9,17H2,1-5H3. The van der Waals surface area contributed by atoms with Gasteiger partial charge in [-0.3, -0.25) is 0 Å². The van der Waals surface area contributed by atoms with Gasteiger partial charge in [0.2, 0.25) is 0 Å². The number of nitrogens with zero attached hydrogens (tertiary/aromatic N) is 1. The van der Waals surface area contributed by atoms with E-state index in [1.165, 1.54) is 5.56 Å². The number of hydrogen-bond donors (Lipinski definition) is 1. The molecule has 0 heterocycles. The highest BCUT2D eigenvalue weighted by Gasteiger charge is 2.25. The number of halogens is 1. The van der Waals surface area contributed by atoms with Crippen molar-refractivity contribution in [3.05, 3.63) is 28.8 Å². The lowest BCUT2D eigenvalue weighted by Crippen LogP contribution is -2.39. The summed E-state index contributed by atoms with van der Waals surface area (Å²) in [6.07, 6.45) is 0.874. The van der Waals surface area contributed by atoms with E-state index in [0.717, 1.165) is 17.1 Å². The second-order valence-corrected chi connectivity index (χ2v) is 6.38. The molecule has 102 valence electrons. The minimum atomic E-state index is 0.216. The molecule has 0 saturated heterocycles. The molecule has 0 aliphatic rings. The Morgan fingerprint density at radius 2 is 1.94 bits per heavy atom. The van der Waals surface area contributed by atoms with Crippen LogP contribution in [0.25, 0.3) is 0 Å². The van der Waals surface area contributed by atoms with Gasteiger partial charge in [0.05, 0.1) is 10.7 Å². The van der Waals surface area contributed by atoms with Crippen molar-refractivity contribution in [2.24, 2.45) is 11.1 Å². The van der Waals surface area contributed by atoms with E-state index in [2.05, 4.69) is 51.8 Å². The highest BCUT2D eigenvalue weighted by molar-refractivity contribution is 6.33. The largest absolute Gasteiger partial charge is 0.370 e. The van der Waals surface area contributed by atoms with E-state index in [9.17, 15) is 0 Å². The Hall–Kier alpha value is -0.730. The molecule has 1 aromatic carbocycles. The Balaban J connectivity index is 2.96. The lowest BCUT2D eigenvalue weighted by molar-refractivity contribution is 0.330. The van der Waals surface area contributed by atoms with Crippen LogP contribution >= 0.6 is 11.6 Å². The van der Waals surface area contributed by atoms with Gasteiger partial charge in [-0.15, -0.1) is 0 Å². The molecule has 1 rings (SSSR count). The van der Waals surface area contributed by atoms with Gasteiger partial charge in [-0.1, -0.05) is 38.4 Å². The average molecular weight is 269 g/mol. The zero-order chi connectivity index (χ0) is 13.9. The summed E-state index contributed by atoms with van der Waals surface area (Å²) in [5.41, 5.74) is 8.06. The normalized spacial score (nSPS) is 13.5. The Kier molecular flexibility index (Phi) is 5.06. The number of nitrogens with two attached hydrogens (primary N) is 1. The number of anilines is 1. The van der Waals surface area contributed by atoms with Crippen LogP contribution in [-0.4, -0.2) is 19.6 Å². The van der Waals surface area contributed by atoms with Crippen LogP contribution in [0.5, 0.6) is 0 Å². The van der Waals surface area contributed by atoms with Gasteiger partial charge in [0.1, 0.15) is 0 Å². The minimum absolute atomic E-state index is 0.216. The van der Waals surface area contributed by atoms with Crippen LogP contribution < -0.4 is 10.6 Å². The van der Waals surface area contributed by atoms with Crippen LogP contribution in [0.3, 0.4) is 0 Å². The highest BCUT2D eigenvalue weighted by atomic mass is 35.5. The fourth-order valence-corrected chi connectivity index (χ4v) is 2.28. The van der Waals surface area contributed by atoms with Crippen LogP contribution in [-0.2, 0) is 6.42 Å². The summed E-state index contributed by atoms with van der Waals surface area (Å²) < 4.78 is 0. The molecule has 0 amide bonds. The first-order valence-electron chi connectivity index (χ1n) is 6.48. The van der Waals surface area contributed by atoms with Crippen LogP contribution in [0.4, 0.5) is 5.69 Å². The molecule has 1 unspecified atom stereocenters. The maximum absolute atomic E-state index is 6.37. The molecule has 0 saturated carbocycles. The smallest absolute Gasteiger partial charge is 0.0642 e. The number of benzene rings is 1. The molecule has 0 fully saturated rings. The number of hydrogen-bond acceptors (Lipinski definition) is 2. The fourth-order valence-electron chi connectivity index (χ4n) is 1.95. The first-order valence-corrected chi connectivity index (χ1v) is 6.86. The van der Waals surface area contributed by atoms with Crippen LogP contribution in [0.2, 0.25) is 5.02 Å². The molecule has 1 aromatic rings. The van der Waals surface area contributed by atoms with Crippen molar-refractivity contribution < 1.29 is 0 Å². The molecule has 0 aromatic heterocycles. The first-order chi connectivity index (χ1) is 8.27. The quantitative estimate of drug-likeness (QED) is 0.902. The van der Waals surface area contributed by atoms with Crippen molar-refractivity contribution in [1.82, 2.24) is 0 Å². The van der Waals surface area contributed by atoms with E-state index >= 15 is 0 Å². The molecular weight excluding hydrogens is 244 g/mol. The van der Waals surface area contributed by atoms with Crippen molar-refractivity contribution in [2.45, 2.75) is 40.2 Å². The zero-order valence-electron chi connectivity index (χ0n) is 12.1. The Morgan fingerprint density at radius 3 is 2.39 bits per heavy atom. The third-order valence-electron chi connectivity index (χ3n) is 3.66. The molecular formula is C15H25ClN2. The van der Waals surface area contributed by atoms with Gasteiger partial charge >= 0.3 is 0 Å². The first kappa shape index (κ1) is 15.3. The molecule has 2 nitrogen and oxygen atoms in total. The van der Waals surface area contributed by atoms with E-state index in [1.807, 2.05) is 6.07 Å². The summed E-state index contributed by atoms with van der Waals surface area (Å²) in [7, 11) is 2.10. The molecule has 0 radical (unpaired) electrons. The second kappa shape index (κ2) is 5.94. The van der Waals surface area contributed by atoms with Crippen LogP contribution in [0.15, 0.2) is 18.2 Å². The molecule has 3 heteroatoms. The van der Waals surface area contributed by atoms with Crippen molar-refractivity contribution in [3.8, 4) is 0 Å². The Bertz CT molecular complexity index is 396. The molecule has 18 heavy (non-hydrogen) atoms.